The molecular formula is C40H34O7. The maximum Gasteiger partial charge on any atom is 0.343 e. The highest BCUT2D eigenvalue weighted by Crippen LogP contribution is 2.36. The molecule has 47 heavy (non-hydrogen) atoms. The first-order chi connectivity index (χ1) is 22.9. The summed E-state index contributed by atoms with van der Waals surface area (Å²) < 4.78 is 22.7. The van der Waals surface area contributed by atoms with Gasteiger partial charge in [-0.05, 0) is 83.3 Å². The van der Waals surface area contributed by atoms with Crippen molar-refractivity contribution in [2.24, 2.45) is 0 Å². The van der Waals surface area contributed by atoms with E-state index in [0.29, 0.717) is 39.3 Å². The van der Waals surface area contributed by atoms with Crippen LogP contribution in [0.2, 0.25) is 0 Å². The van der Waals surface area contributed by atoms with Crippen molar-refractivity contribution in [3.05, 3.63) is 173 Å². The fourth-order valence-corrected chi connectivity index (χ4v) is 4.82. The normalized spacial score (nSPS) is 12.1. The highest BCUT2D eigenvalue weighted by Gasteiger charge is 2.32. The topological polar surface area (TPSA) is 88.1 Å². The standard InChI is InChI=1S/C40H34O7/c1-3-28-14-19-32(20-15-28)39(42)45-35-23-16-29(17-24-35)18-27-36(41)46-37(30-10-6-4-7-11-30)38(31-12-8-5-9-13-31)47-40(43)33-21-25-34(44-2)26-22-33/h4-27,37-38H,3H2,1-2H3/b27-18+. The molecule has 0 heterocycles. The van der Waals surface area contributed by atoms with E-state index < -0.39 is 30.1 Å². The van der Waals surface area contributed by atoms with Crippen LogP contribution in [0.3, 0.4) is 0 Å². The van der Waals surface area contributed by atoms with Gasteiger partial charge in [0.05, 0.1) is 18.2 Å². The van der Waals surface area contributed by atoms with E-state index in [0.717, 1.165) is 12.0 Å². The molecule has 0 aliphatic carbocycles. The van der Waals surface area contributed by atoms with E-state index in [1.807, 2.05) is 79.7 Å². The Morgan fingerprint density at radius 1 is 0.596 bits per heavy atom. The minimum atomic E-state index is -0.953. The van der Waals surface area contributed by atoms with Gasteiger partial charge >= 0.3 is 17.9 Å². The SMILES string of the molecule is CCc1ccc(C(=O)Oc2ccc(/C=C/C(=O)OC(c3ccccc3)C(OC(=O)c3ccc(OC)cc3)c3ccccc3)cc2)cc1. The van der Waals surface area contributed by atoms with Gasteiger partial charge in [-0.25, -0.2) is 14.4 Å². The van der Waals surface area contributed by atoms with E-state index in [9.17, 15) is 14.4 Å². The van der Waals surface area contributed by atoms with Crippen LogP contribution in [0.25, 0.3) is 6.08 Å². The van der Waals surface area contributed by atoms with Gasteiger partial charge in [0.15, 0.2) is 12.2 Å². The number of aryl methyl sites for hydroxylation is 1. The van der Waals surface area contributed by atoms with Gasteiger partial charge in [0.25, 0.3) is 0 Å². The van der Waals surface area contributed by atoms with Crippen molar-refractivity contribution in [1.29, 1.82) is 0 Å². The van der Waals surface area contributed by atoms with Crippen LogP contribution in [0, 0.1) is 0 Å². The molecule has 0 aliphatic rings. The van der Waals surface area contributed by atoms with Crippen LogP contribution in [0.4, 0.5) is 0 Å². The molecule has 5 rings (SSSR count). The maximum atomic E-state index is 13.3. The quantitative estimate of drug-likeness (QED) is 0.0781. The lowest BCUT2D eigenvalue weighted by Gasteiger charge is -2.27. The zero-order chi connectivity index (χ0) is 33.0. The summed E-state index contributed by atoms with van der Waals surface area (Å²) in [5, 5.41) is 0. The Bertz CT molecular complexity index is 1800. The molecule has 2 atom stereocenters. The highest BCUT2D eigenvalue weighted by atomic mass is 16.6. The summed E-state index contributed by atoms with van der Waals surface area (Å²) in [5.74, 6) is -0.675. The molecule has 0 spiro atoms. The average molecular weight is 627 g/mol. The molecular weight excluding hydrogens is 592 g/mol. The summed E-state index contributed by atoms with van der Waals surface area (Å²) in [7, 11) is 1.55. The molecule has 5 aromatic rings. The van der Waals surface area contributed by atoms with E-state index in [2.05, 4.69) is 0 Å². The third-order valence-corrected chi connectivity index (χ3v) is 7.43. The summed E-state index contributed by atoms with van der Waals surface area (Å²) in [4.78, 5) is 39.1. The molecule has 2 unspecified atom stereocenters. The summed E-state index contributed by atoms with van der Waals surface area (Å²) in [6, 6.07) is 38.9. The summed E-state index contributed by atoms with van der Waals surface area (Å²) in [5.41, 5.74) is 3.93. The van der Waals surface area contributed by atoms with Crippen molar-refractivity contribution in [2.75, 3.05) is 7.11 Å². The Hall–Kier alpha value is -5.95. The molecule has 0 bridgehead atoms. The Kier molecular flexibility index (Phi) is 10.9. The first kappa shape index (κ1) is 32.4. The molecule has 0 fully saturated rings. The second kappa shape index (κ2) is 15.9. The van der Waals surface area contributed by atoms with Crippen LogP contribution in [0.15, 0.2) is 140 Å². The van der Waals surface area contributed by atoms with E-state index >= 15 is 0 Å². The van der Waals surface area contributed by atoms with Gasteiger partial charge in [0, 0.05) is 6.08 Å². The summed E-state index contributed by atoms with van der Waals surface area (Å²) >= 11 is 0. The van der Waals surface area contributed by atoms with Crippen molar-refractivity contribution >= 4 is 24.0 Å². The van der Waals surface area contributed by atoms with E-state index in [1.165, 1.54) is 6.08 Å². The van der Waals surface area contributed by atoms with Gasteiger partial charge in [-0.15, -0.1) is 0 Å². The molecule has 7 nitrogen and oxygen atoms in total. The van der Waals surface area contributed by atoms with E-state index in [1.54, 1.807) is 73.8 Å². The molecule has 0 amide bonds. The molecule has 7 heteroatoms. The van der Waals surface area contributed by atoms with Crippen molar-refractivity contribution in [1.82, 2.24) is 0 Å². The molecule has 5 aromatic carbocycles. The fraction of sp³-hybridized carbons (Fsp3) is 0.125. The minimum absolute atomic E-state index is 0.327. The number of carbonyl (C=O) groups is 3. The van der Waals surface area contributed by atoms with Crippen molar-refractivity contribution in [3.63, 3.8) is 0 Å². The van der Waals surface area contributed by atoms with Gasteiger partial charge < -0.3 is 18.9 Å². The number of ether oxygens (including phenoxy) is 4. The maximum absolute atomic E-state index is 13.3. The summed E-state index contributed by atoms with van der Waals surface area (Å²) in [6.07, 6.45) is 1.89. The van der Waals surface area contributed by atoms with Crippen LogP contribution in [-0.4, -0.2) is 25.0 Å². The van der Waals surface area contributed by atoms with E-state index in [4.69, 9.17) is 18.9 Å². The molecule has 0 saturated carbocycles. The third kappa shape index (κ3) is 8.83. The zero-order valence-corrected chi connectivity index (χ0v) is 26.1. The second-order valence-electron chi connectivity index (χ2n) is 10.6. The lowest BCUT2D eigenvalue weighted by atomic mass is 9.97. The van der Waals surface area contributed by atoms with Crippen molar-refractivity contribution in [2.45, 2.75) is 25.6 Å². The number of esters is 3. The van der Waals surface area contributed by atoms with Gasteiger partial charge in [-0.2, -0.15) is 0 Å². The van der Waals surface area contributed by atoms with E-state index in [-0.39, 0.29) is 0 Å². The molecule has 0 radical (unpaired) electrons. The van der Waals surface area contributed by atoms with Crippen LogP contribution in [0.1, 0.15) is 62.1 Å². The lowest BCUT2D eigenvalue weighted by Crippen LogP contribution is -2.23. The van der Waals surface area contributed by atoms with Crippen LogP contribution >= 0.6 is 0 Å². The fourth-order valence-electron chi connectivity index (χ4n) is 4.82. The number of hydrogen-bond acceptors (Lipinski definition) is 7. The molecule has 0 N–H and O–H groups in total. The first-order valence-electron chi connectivity index (χ1n) is 15.2. The monoisotopic (exact) mass is 626 g/mol. The van der Waals surface area contributed by atoms with Gasteiger partial charge in [-0.1, -0.05) is 91.9 Å². The highest BCUT2D eigenvalue weighted by molar-refractivity contribution is 5.91. The van der Waals surface area contributed by atoms with Gasteiger partial charge in [-0.3, -0.25) is 0 Å². The van der Waals surface area contributed by atoms with Crippen molar-refractivity contribution < 1.29 is 33.3 Å². The largest absolute Gasteiger partial charge is 0.497 e. The Balaban J connectivity index is 1.32. The average Bonchev–Trinajstić information content (AvgIpc) is 3.13. The smallest absolute Gasteiger partial charge is 0.343 e. The number of hydrogen-bond donors (Lipinski definition) is 0. The Labute approximate surface area is 274 Å². The predicted octanol–water partition coefficient (Wildman–Crippen LogP) is 8.37. The van der Waals surface area contributed by atoms with Crippen LogP contribution in [0.5, 0.6) is 11.5 Å². The number of benzene rings is 5. The Morgan fingerprint density at radius 2 is 1.11 bits per heavy atom. The van der Waals surface area contributed by atoms with Crippen molar-refractivity contribution in [3.8, 4) is 11.5 Å². The zero-order valence-electron chi connectivity index (χ0n) is 26.1. The predicted molar refractivity (Wildman–Crippen MR) is 179 cm³/mol. The second-order valence-corrected chi connectivity index (χ2v) is 10.6. The lowest BCUT2D eigenvalue weighted by molar-refractivity contribution is -0.150. The molecule has 0 aromatic heterocycles. The first-order valence-corrected chi connectivity index (χ1v) is 15.2. The Morgan fingerprint density at radius 3 is 1.66 bits per heavy atom. The molecule has 236 valence electrons. The molecule has 0 aliphatic heterocycles. The third-order valence-electron chi connectivity index (χ3n) is 7.43. The van der Waals surface area contributed by atoms with Gasteiger partial charge in [0.1, 0.15) is 11.5 Å². The molecule has 0 saturated heterocycles. The van der Waals surface area contributed by atoms with Crippen LogP contribution in [-0.2, 0) is 20.7 Å². The number of carbonyl (C=O) groups excluding carboxylic acids is 3. The van der Waals surface area contributed by atoms with Gasteiger partial charge in [0.2, 0.25) is 0 Å². The van der Waals surface area contributed by atoms with Crippen LogP contribution < -0.4 is 9.47 Å². The number of rotatable bonds is 12. The summed E-state index contributed by atoms with van der Waals surface area (Å²) in [6.45, 7) is 2.05. The minimum Gasteiger partial charge on any atom is -0.497 e. The number of methoxy groups -OCH3 is 1.